The summed E-state index contributed by atoms with van der Waals surface area (Å²) in [5.41, 5.74) is -1.25. The molecule has 2 aliphatic rings. The molecule has 0 atom stereocenters. The maximum absolute atomic E-state index is 8.40. The molecule has 2 heterocycles. The first-order chi connectivity index (χ1) is 14.9. The summed E-state index contributed by atoms with van der Waals surface area (Å²) in [5.74, 6) is 0. The lowest BCUT2D eigenvalue weighted by atomic mass is 9.79. The van der Waals surface area contributed by atoms with E-state index in [1.54, 1.807) is 0 Å². The highest BCUT2D eigenvalue weighted by Gasteiger charge is 2.51. The van der Waals surface area contributed by atoms with E-state index < -0.39 is 51.3 Å². The third kappa shape index (κ3) is 3.25. The minimum Gasteiger partial charge on any atom is -0.399 e. The van der Waals surface area contributed by atoms with Crippen LogP contribution in [0, 0.1) is 0 Å². The van der Waals surface area contributed by atoms with Crippen molar-refractivity contribution in [1.82, 2.24) is 4.90 Å². The SMILES string of the molecule is [2H]C([2H])([2H])N1C([2H])([2H])C([2H])([2H])N(c2ccc(B3OC(C)(C)C(C)(C)O3)cc2Cl)C([2H])([2H])C1([2H])[2H]. The second-order valence-electron chi connectivity index (χ2n) is 6.42. The van der Waals surface area contributed by atoms with E-state index in [0.717, 1.165) is 0 Å². The summed E-state index contributed by atoms with van der Waals surface area (Å²) in [6.07, 6.45) is 0. The first-order valence-corrected chi connectivity index (χ1v) is 7.56. The van der Waals surface area contributed by atoms with Gasteiger partial charge in [0.25, 0.3) is 0 Å². The Labute approximate surface area is 160 Å². The molecule has 126 valence electrons. The van der Waals surface area contributed by atoms with Gasteiger partial charge in [-0.05, 0) is 52.3 Å². The lowest BCUT2D eigenvalue weighted by Crippen LogP contribution is -2.44. The van der Waals surface area contributed by atoms with Crippen LogP contribution >= 0.6 is 11.6 Å². The lowest BCUT2D eigenvalue weighted by Gasteiger charge is -2.34. The molecule has 0 amide bonds. The number of nitrogens with zero attached hydrogens (tertiary/aromatic N) is 2. The molecule has 0 aliphatic carbocycles. The highest BCUT2D eigenvalue weighted by atomic mass is 35.5. The minimum absolute atomic E-state index is 0.221. The molecule has 0 radical (unpaired) electrons. The van der Waals surface area contributed by atoms with Crippen molar-refractivity contribution < 1.29 is 24.4 Å². The van der Waals surface area contributed by atoms with Gasteiger partial charge in [-0.1, -0.05) is 17.7 Å². The van der Waals surface area contributed by atoms with Crippen LogP contribution < -0.4 is 10.4 Å². The van der Waals surface area contributed by atoms with Crippen LogP contribution in [0.4, 0.5) is 5.69 Å². The Morgan fingerprint density at radius 1 is 1.13 bits per heavy atom. The smallest absolute Gasteiger partial charge is 0.399 e. The van der Waals surface area contributed by atoms with Gasteiger partial charge in [0.1, 0.15) is 0 Å². The van der Waals surface area contributed by atoms with E-state index in [9.17, 15) is 0 Å². The fraction of sp³-hybridized carbons (Fsp3) is 0.647. The molecule has 1 aromatic carbocycles. The number of benzene rings is 1. The van der Waals surface area contributed by atoms with Crippen molar-refractivity contribution in [1.29, 1.82) is 0 Å². The molecule has 0 aromatic heterocycles. The molecular weight excluding hydrogens is 310 g/mol. The normalized spacial score (nSPS) is 40.7. The second kappa shape index (κ2) is 5.96. The molecule has 2 saturated heterocycles. The molecule has 0 spiro atoms. The van der Waals surface area contributed by atoms with Crippen LogP contribution in [0.15, 0.2) is 18.2 Å². The van der Waals surface area contributed by atoms with Crippen molar-refractivity contribution in [3.8, 4) is 0 Å². The Morgan fingerprint density at radius 2 is 1.74 bits per heavy atom. The first kappa shape index (κ1) is 8.09. The van der Waals surface area contributed by atoms with Crippen molar-refractivity contribution in [2.24, 2.45) is 0 Å². The van der Waals surface area contributed by atoms with Gasteiger partial charge in [0.05, 0.1) is 27.4 Å². The van der Waals surface area contributed by atoms with E-state index in [-0.39, 0.29) is 20.5 Å². The molecule has 23 heavy (non-hydrogen) atoms. The monoisotopic (exact) mass is 347 g/mol. The molecule has 4 nitrogen and oxygen atoms in total. The van der Waals surface area contributed by atoms with Gasteiger partial charge in [-0.3, -0.25) is 0 Å². The molecule has 2 fully saturated rings. The van der Waals surface area contributed by atoms with Gasteiger partial charge in [-0.2, -0.15) is 0 Å². The third-order valence-electron chi connectivity index (χ3n) is 4.29. The molecular formula is C17H26BClN2O2. The third-order valence-corrected chi connectivity index (χ3v) is 4.59. The highest BCUT2D eigenvalue weighted by molar-refractivity contribution is 6.62. The Balaban J connectivity index is 2.13. The van der Waals surface area contributed by atoms with Crippen LogP contribution in [0.1, 0.15) is 42.8 Å². The largest absolute Gasteiger partial charge is 0.494 e. The fourth-order valence-corrected chi connectivity index (χ4v) is 2.48. The Bertz CT molecular complexity index is 943. The molecule has 0 N–H and O–H groups in total. The minimum atomic E-state index is -3.49. The summed E-state index contributed by atoms with van der Waals surface area (Å²) in [5, 5.41) is -0.228. The van der Waals surface area contributed by atoms with E-state index in [0.29, 0.717) is 5.46 Å². The Kier molecular flexibility index (Phi) is 2.10. The summed E-state index contributed by atoms with van der Waals surface area (Å²) in [6.45, 7) is -9.77. The predicted molar refractivity (Wildman–Crippen MR) is 96.9 cm³/mol. The molecule has 1 aromatic rings. The summed E-state index contributed by atoms with van der Waals surface area (Å²) >= 11 is 6.39. The summed E-state index contributed by atoms with van der Waals surface area (Å²) in [4.78, 5) is -0.158. The number of anilines is 1. The topological polar surface area (TPSA) is 24.9 Å². The van der Waals surface area contributed by atoms with Gasteiger partial charge in [0.15, 0.2) is 0 Å². The number of hydrogen-bond acceptors (Lipinski definition) is 4. The van der Waals surface area contributed by atoms with Crippen LogP contribution in [0.5, 0.6) is 0 Å². The van der Waals surface area contributed by atoms with Crippen LogP contribution in [0.2, 0.25) is 5.02 Å². The zero-order valence-electron chi connectivity index (χ0n) is 24.4. The Morgan fingerprint density at radius 3 is 2.26 bits per heavy atom. The lowest BCUT2D eigenvalue weighted by molar-refractivity contribution is 0.00578. The van der Waals surface area contributed by atoms with Crippen LogP contribution in [-0.4, -0.2) is 56.2 Å². The van der Waals surface area contributed by atoms with Gasteiger partial charge < -0.3 is 19.1 Å². The van der Waals surface area contributed by atoms with E-state index in [1.807, 2.05) is 27.7 Å². The van der Waals surface area contributed by atoms with Crippen LogP contribution in [0.3, 0.4) is 0 Å². The number of likely N-dealkylation sites (N-methyl/N-ethyl adjacent to an activating group) is 1. The molecule has 2 aliphatic heterocycles. The molecule has 6 heteroatoms. The zero-order chi connectivity index (χ0) is 26.5. The second-order valence-corrected chi connectivity index (χ2v) is 6.82. The molecule has 0 unspecified atom stereocenters. The van der Waals surface area contributed by atoms with E-state index in [4.69, 9.17) is 36.0 Å². The maximum Gasteiger partial charge on any atom is 0.494 e. The zero-order valence-corrected chi connectivity index (χ0v) is 14.2. The van der Waals surface area contributed by atoms with Gasteiger partial charge >= 0.3 is 7.12 Å². The fourth-order valence-electron chi connectivity index (χ4n) is 2.21. The number of hydrogen-bond donors (Lipinski definition) is 0. The number of piperazine rings is 1. The number of halogens is 1. The molecule has 0 saturated carbocycles. The average Bonchev–Trinajstić information content (AvgIpc) is 2.80. The van der Waals surface area contributed by atoms with Crippen molar-refractivity contribution >= 4 is 29.9 Å². The van der Waals surface area contributed by atoms with Gasteiger partial charge in [-0.25, -0.2) is 0 Å². The quantitative estimate of drug-likeness (QED) is 0.767. The maximum atomic E-state index is 8.40. The summed E-state index contributed by atoms with van der Waals surface area (Å²) in [6, 6.07) is 3.97. The molecule has 3 rings (SSSR count). The average molecular weight is 348 g/mol. The summed E-state index contributed by atoms with van der Waals surface area (Å²) < 4.78 is 101. The highest BCUT2D eigenvalue weighted by Crippen LogP contribution is 2.37. The summed E-state index contributed by atoms with van der Waals surface area (Å²) in [7, 11) is -0.838. The standard InChI is InChI=1S/C17H26BClN2O2/c1-16(2)17(3,4)23-18(22-16)13-6-7-15(14(19)12-13)21-10-8-20(5)9-11-21/h6-7,12H,8-11H2,1-5H3/i5D3,8D2,9D2,10D2,11D2. The first-order valence-electron chi connectivity index (χ1n) is 12.7. The van der Waals surface area contributed by atoms with E-state index in [2.05, 4.69) is 0 Å². The van der Waals surface area contributed by atoms with Crippen molar-refractivity contribution in [2.75, 3.05) is 37.9 Å². The van der Waals surface area contributed by atoms with Crippen LogP contribution in [0.25, 0.3) is 0 Å². The van der Waals surface area contributed by atoms with Crippen molar-refractivity contribution in [3.05, 3.63) is 23.2 Å². The Hall–Kier alpha value is -0.745. The predicted octanol–water partition coefficient (Wildman–Crippen LogP) is 2.39. The molecule has 0 bridgehead atoms. The van der Waals surface area contributed by atoms with Gasteiger partial charge in [-0.15, -0.1) is 0 Å². The van der Waals surface area contributed by atoms with Crippen molar-refractivity contribution in [3.63, 3.8) is 0 Å². The van der Waals surface area contributed by atoms with E-state index >= 15 is 0 Å². The van der Waals surface area contributed by atoms with Gasteiger partial charge in [0.2, 0.25) is 0 Å². The van der Waals surface area contributed by atoms with Crippen molar-refractivity contribution in [2.45, 2.75) is 38.9 Å². The number of rotatable bonds is 2. The van der Waals surface area contributed by atoms with Crippen LogP contribution in [-0.2, 0) is 9.31 Å². The van der Waals surface area contributed by atoms with E-state index in [1.165, 1.54) is 18.2 Å². The van der Waals surface area contributed by atoms with Gasteiger partial charge in [0, 0.05) is 35.6 Å².